The van der Waals surface area contributed by atoms with Crippen molar-refractivity contribution in [1.82, 2.24) is 10.1 Å². The number of aromatic nitrogens is 2. The first-order chi connectivity index (χ1) is 14.1. The molecule has 0 aliphatic carbocycles. The highest BCUT2D eigenvalue weighted by molar-refractivity contribution is 6.08. The van der Waals surface area contributed by atoms with Gasteiger partial charge in [-0.2, -0.15) is 4.98 Å². The Morgan fingerprint density at radius 1 is 0.828 bits per heavy atom. The van der Waals surface area contributed by atoms with Crippen LogP contribution in [-0.4, -0.2) is 15.9 Å². The van der Waals surface area contributed by atoms with Crippen molar-refractivity contribution in [2.24, 2.45) is 0 Å². The van der Waals surface area contributed by atoms with E-state index in [9.17, 15) is 13.6 Å². The van der Waals surface area contributed by atoms with Crippen LogP contribution in [0, 0.1) is 11.6 Å². The molecule has 0 amide bonds. The van der Waals surface area contributed by atoms with E-state index < -0.39 is 5.82 Å². The molecule has 0 aliphatic rings. The summed E-state index contributed by atoms with van der Waals surface area (Å²) in [5.41, 5.74) is 1.49. The third kappa shape index (κ3) is 4.35. The smallest absolute Gasteiger partial charge is 0.264 e. The standard InChI is InChI=1S/C22H14F2N2O3/c23-17-7-1-14(2-8-17)21(27)15-5-11-19(12-6-15)28-13-20-25-22(26-29-20)16-3-9-18(24)10-4-16/h1-12H,13H2. The average molecular weight is 392 g/mol. The topological polar surface area (TPSA) is 65.2 Å². The number of benzene rings is 3. The van der Waals surface area contributed by atoms with Gasteiger partial charge in [-0.25, -0.2) is 8.78 Å². The van der Waals surface area contributed by atoms with Gasteiger partial charge in [0, 0.05) is 16.7 Å². The van der Waals surface area contributed by atoms with Gasteiger partial charge in [-0.15, -0.1) is 0 Å². The first-order valence-corrected chi connectivity index (χ1v) is 8.70. The van der Waals surface area contributed by atoms with Gasteiger partial charge in [0.05, 0.1) is 0 Å². The number of hydrogen-bond donors (Lipinski definition) is 0. The lowest BCUT2D eigenvalue weighted by Crippen LogP contribution is -2.01. The SMILES string of the molecule is O=C(c1ccc(F)cc1)c1ccc(OCc2nc(-c3ccc(F)cc3)no2)cc1. The zero-order valence-electron chi connectivity index (χ0n) is 15.0. The maximum atomic E-state index is 13.0. The average Bonchev–Trinajstić information content (AvgIpc) is 3.22. The van der Waals surface area contributed by atoms with E-state index in [1.54, 1.807) is 36.4 Å². The van der Waals surface area contributed by atoms with E-state index in [-0.39, 0.29) is 24.1 Å². The second-order valence-electron chi connectivity index (χ2n) is 6.17. The summed E-state index contributed by atoms with van der Waals surface area (Å²) in [5.74, 6) is 0.162. The summed E-state index contributed by atoms with van der Waals surface area (Å²) in [6.07, 6.45) is 0. The van der Waals surface area contributed by atoms with Gasteiger partial charge in [-0.05, 0) is 72.8 Å². The quantitative estimate of drug-likeness (QED) is 0.440. The maximum absolute atomic E-state index is 13.0. The van der Waals surface area contributed by atoms with Gasteiger partial charge in [-0.1, -0.05) is 5.16 Å². The van der Waals surface area contributed by atoms with Gasteiger partial charge in [0.25, 0.3) is 5.89 Å². The zero-order chi connectivity index (χ0) is 20.2. The van der Waals surface area contributed by atoms with Crippen LogP contribution in [0.15, 0.2) is 77.3 Å². The Balaban J connectivity index is 1.39. The second kappa shape index (κ2) is 8.02. The van der Waals surface area contributed by atoms with E-state index in [2.05, 4.69) is 10.1 Å². The third-order valence-corrected chi connectivity index (χ3v) is 4.16. The molecule has 1 aromatic heterocycles. The van der Waals surface area contributed by atoms with E-state index in [4.69, 9.17) is 9.26 Å². The highest BCUT2D eigenvalue weighted by Gasteiger charge is 2.11. The van der Waals surface area contributed by atoms with Crippen molar-refractivity contribution in [2.75, 3.05) is 0 Å². The maximum Gasteiger partial charge on any atom is 0.264 e. The monoisotopic (exact) mass is 392 g/mol. The van der Waals surface area contributed by atoms with Crippen LogP contribution in [-0.2, 0) is 6.61 Å². The molecule has 0 atom stereocenters. The van der Waals surface area contributed by atoms with Gasteiger partial charge in [-0.3, -0.25) is 4.79 Å². The summed E-state index contributed by atoms with van der Waals surface area (Å²) in [7, 11) is 0. The number of ether oxygens (including phenoxy) is 1. The Labute approximate surface area is 164 Å². The normalized spacial score (nSPS) is 10.7. The first-order valence-electron chi connectivity index (χ1n) is 8.70. The summed E-state index contributed by atoms with van der Waals surface area (Å²) in [6.45, 7) is 0.0411. The van der Waals surface area contributed by atoms with Crippen molar-refractivity contribution in [3.05, 3.63) is 101 Å². The molecular formula is C22H14F2N2O3. The number of halogens is 2. The fraction of sp³-hybridized carbons (Fsp3) is 0.0455. The van der Waals surface area contributed by atoms with Crippen molar-refractivity contribution in [2.45, 2.75) is 6.61 Å². The van der Waals surface area contributed by atoms with Gasteiger partial charge >= 0.3 is 0 Å². The summed E-state index contributed by atoms with van der Waals surface area (Å²) in [4.78, 5) is 16.6. The molecule has 0 saturated carbocycles. The summed E-state index contributed by atoms with van der Waals surface area (Å²) in [5, 5.41) is 3.85. The van der Waals surface area contributed by atoms with Crippen molar-refractivity contribution in [3.63, 3.8) is 0 Å². The van der Waals surface area contributed by atoms with Gasteiger partial charge in [0.1, 0.15) is 17.4 Å². The first kappa shape index (κ1) is 18.5. The second-order valence-corrected chi connectivity index (χ2v) is 6.17. The largest absolute Gasteiger partial charge is 0.484 e. The molecule has 3 aromatic carbocycles. The Morgan fingerprint density at radius 2 is 1.38 bits per heavy atom. The Kier molecular flexibility index (Phi) is 5.11. The highest BCUT2D eigenvalue weighted by atomic mass is 19.1. The van der Waals surface area contributed by atoms with Crippen LogP contribution in [0.25, 0.3) is 11.4 Å². The van der Waals surface area contributed by atoms with Crippen LogP contribution in [0.1, 0.15) is 21.8 Å². The molecular weight excluding hydrogens is 378 g/mol. The molecule has 0 spiro atoms. The van der Waals surface area contributed by atoms with Gasteiger partial charge < -0.3 is 9.26 Å². The van der Waals surface area contributed by atoms with Crippen LogP contribution in [0.2, 0.25) is 0 Å². The molecule has 4 rings (SSSR count). The molecule has 7 heteroatoms. The van der Waals surface area contributed by atoms with Crippen molar-refractivity contribution < 1.29 is 22.8 Å². The number of nitrogens with zero attached hydrogens (tertiary/aromatic N) is 2. The minimum atomic E-state index is -0.395. The summed E-state index contributed by atoms with van der Waals surface area (Å²) >= 11 is 0. The van der Waals surface area contributed by atoms with Gasteiger partial charge in [0.15, 0.2) is 12.4 Å². The lowest BCUT2D eigenvalue weighted by atomic mass is 10.0. The van der Waals surface area contributed by atoms with E-state index in [1.165, 1.54) is 36.4 Å². The molecule has 0 N–H and O–H groups in total. The summed E-state index contributed by atoms with van der Waals surface area (Å²) < 4.78 is 36.7. The van der Waals surface area contributed by atoms with E-state index in [1.807, 2.05) is 0 Å². The van der Waals surface area contributed by atoms with Crippen molar-refractivity contribution in [3.8, 4) is 17.1 Å². The predicted molar refractivity (Wildman–Crippen MR) is 100 cm³/mol. The molecule has 144 valence electrons. The molecule has 0 fully saturated rings. The number of hydrogen-bond acceptors (Lipinski definition) is 5. The number of rotatable bonds is 6. The van der Waals surface area contributed by atoms with E-state index in [0.717, 1.165) is 0 Å². The molecule has 0 saturated heterocycles. The Morgan fingerprint density at radius 3 is 2.00 bits per heavy atom. The van der Waals surface area contributed by atoms with E-state index >= 15 is 0 Å². The molecule has 0 aliphatic heterocycles. The lowest BCUT2D eigenvalue weighted by Gasteiger charge is -2.05. The van der Waals surface area contributed by atoms with Crippen LogP contribution in [0.3, 0.4) is 0 Å². The van der Waals surface area contributed by atoms with Crippen LogP contribution in [0.5, 0.6) is 5.75 Å². The predicted octanol–water partition coefficient (Wildman–Crippen LogP) is 4.82. The summed E-state index contributed by atoms with van der Waals surface area (Å²) in [6, 6.07) is 17.7. The van der Waals surface area contributed by atoms with Crippen LogP contribution in [0.4, 0.5) is 8.78 Å². The Hall–Kier alpha value is -3.87. The fourth-order valence-corrected chi connectivity index (χ4v) is 2.65. The van der Waals surface area contributed by atoms with Crippen LogP contribution < -0.4 is 4.74 Å². The molecule has 1 heterocycles. The van der Waals surface area contributed by atoms with Crippen molar-refractivity contribution in [1.29, 1.82) is 0 Å². The third-order valence-electron chi connectivity index (χ3n) is 4.16. The highest BCUT2D eigenvalue weighted by Crippen LogP contribution is 2.19. The molecule has 5 nitrogen and oxygen atoms in total. The molecule has 0 unspecified atom stereocenters. The Bertz CT molecular complexity index is 1120. The minimum absolute atomic E-state index is 0.0411. The van der Waals surface area contributed by atoms with Gasteiger partial charge in [0.2, 0.25) is 5.82 Å². The minimum Gasteiger partial charge on any atom is -0.484 e. The molecule has 0 bridgehead atoms. The van der Waals surface area contributed by atoms with Crippen LogP contribution >= 0.6 is 0 Å². The fourth-order valence-electron chi connectivity index (χ4n) is 2.65. The number of ketones is 1. The lowest BCUT2D eigenvalue weighted by molar-refractivity contribution is 0.103. The number of carbonyl (C=O) groups is 1. The molecule has 0 radical (unpaired) electrons. The molecule has 29 heavy (non-hydrogen) atoms. The van der Waals surface area contributed by atoms with E-state index in [0.29, 0.717) is 28.3 Å². The number of carbonyl (C=O) groups excluding carboxylic acids is 1. The van der Waals surface area contributed by atoms with Crippen molar-refractivity contribution >= 4 is 5.78 Å². The molecule has 4 aromatic rings. The zero-order valence-corrected chi connectivity index (χ0v) is 15.0.